The number of halogens is 1. The van der Waals surface area contributed by atoms with Crippen LogP contribution in [0, 0.1) is 12.7 Å². The van der Waals surface area contributed by atoms with E-state index in [1.54, 1.807) is 19.1 Å². The molecule has 0 bridgehead atoms. The van der Waals surface area contributed by atoms with Gasteiger partial charge in [-0.25, -0.2) is 4.39 Å². The first-order valence-electron chi connectivity index (χ1n) is 3.40. The topological polar surface area (TPSA) is 52.0 Å². The zero-order valence-corrected chi connectivity index (χ0v) is 6.39. The predicted molar refractivity (Wildman–Crippen MR) is 43.4 cm³/mol. The molecule has 0 aliphatic heterocycles. The number of hydrogen-bond acceptors (Lipinski definition) is 2. The van der Waals surface area contributed by atoms with Crippen LogP contribution in [-0.4, -0.2) is 0 Å². The summed E-state index contributed by atoms with van der Waals surface area (Å²) in [6.07, 6.45) is 0. The Morgan fingerprint density at radius 1 is 1.45 bits per heavy atom. The van der Waals surface area contributed by atoms with Gasteiger partial charge in [0.05, 0.1) is 0 Å². The maximum atomic E-state index is 13.1. The third-order valence-corrected chi connectivity index (χ3v) is 1.73. The molecule has 0 fully saturated rings. The van der Waals surface area contributed by atoms with Crippen molar-refractivity contribution in [2.24, 2.45) is 5.73 Å². The first kappa shape index (κ1) is 8.01. The van der Waals surface area contributed by atoms with Crippen molar-refractivity contribution in [3.63, 3.8) is 0 Å². The van der Waals surface area contributed by atoms with E-state index in [1.807, 2.05) is 0 Å². The Balaban J connectivity index is 3.25. The van der Waals surface area contributed by atoms with E-state index in [4.69, 9.17) is 11.5 Å². The molecule has 0 atom stereocenters. The van der Waals surface area contributed by atoms with Crippen LogP contribution in [0.15, 0.2) is 12.1 Å². The van der Waals surface area contributed by atoms with E-state index in [-0.39, 0.29) is 12.4 Å². The highest BCUT2D eigenvalue weighted by Crippen LogP contribution is 2.17. The summed E-state index contributed by atoms with van der Waals surface area (Å²) in [7, 11) is 0. The lowest BCUT2D eigenvalue weighted by atomic mass is 10.1. The van der Waals surface area contributed by atoms with E-state index in [0.717, 1.165) is 0 Å². The SMILES string of the molecule is Cc1c(N)ccc(CN)c1F. The standard InChI is InChI=1S/C8H11FN2/c1-5-7(11)3-2-6(4-10)8(5)9/h2-3H,4,10-11H2,1H3. The van der Waals surface area contributed by atoms with Crippen molar-refractivity contribution in [1.82, 2.24) is 0 Å². The van der Waals surface area contributed by atoms with Gasteiger partial charge in [-0.05, 0) is 13.0 Å². The summed E-state index contributed by atoms with van der Waals surface area (Å²) in [5.41, 5.74) is 12.2. The average Bonchev–Trinajstić information content (AvgIpc) is 2.01. The minimum atomic E-state index is -0.285. The molecule has 0 spiro atoms. The fourth-order valence-corrected chi connectivity index (χ4v) is 0.914. The molecule has 0 aromatic heterocycles. The van der Waals surface area contributed by atoms with Crippen LogP contribution < -0.4 is 11.5 Å². The quantitative estimate of drug-likeness (QED) is 0.597. The molecule has 0 radical (unpaired) electrons. The third kappa shape index (κ3) is 1.33. The zero-order valence-electron chi connectivity index (χ0n) is 6.39. The van der Waals surface area contributed by atoms with Crippen molar-refractivity contribution in [2.75, 3.05) is 5.73 Å². The second-order valence-electron chi connectivity index (χ2n) is 2.46. The second kappa shape index (κ2) is 2.88. The minimum Gasteiger partial charge on any atom is -0.398 e. The van der Waals surface area contributed by atoms with Gasteiger partial charge in [0.1, 0.15) is 5.82 Å². The molecule has 0 heterocycles. The Kier molecular flexibility index (Phi) is 2.10. The van der Waals surface area contributed by atoms with Crippen LogP contribution in [0.2, 0.25) is 0 Å². The molecule has 1 rings (SSSR count). The Hall–Kier alpha value is -1.09. The zero-order chi connectivity index (χ0) is 8.43. The molecule has 1 aromatic rings. The molecule has 0 aliphatic carbocycles. The van der Waals surface area contributed by atoms with Gasteiger partial charge in [-0.15, -0.1) is 0 Å². The van der Waals surface area contributed by atoms with Gasteiger partial charge in [0, 0.05) is 23.4 Å². The van der Waals surface area contributed by atoms with E-state index < -0.39 is 0 Å². The molecular formula is C8H11FN2. The van der Waals surface area contributed by atoms with E-state index in [9.17, 15) is 4.39 Å². The summed E-state index contributed by atoms with van der Waals surface area (Å²) in [5.74, 6) is -0.285. The number of hydrogen-bond donors (Lipinski definition) is 2. The Morgan fingerprint density at radius 3 is 2.64 bits per heavy atom. The molecule has 0 saturated carbocycles. The van der Waals surface area contributed by atoms with Gasteiger partial charge in [-0.3, -0.25) is 0 Å². The van der Waals surface area contributed by atoms with Crippen molar-refractivity contribution in [1.29, 1.82) is 0 Å². The van der Waals surface area contributed by atoms with Crippen molar-refractivity contribution >= 4 is 5.69 Å². The van der Waals surface area contributed by atoms with E-state index in [0.29, 0.717) is 16.8 Å². The summed E-state index contributed by atoms with van der Waals surface area (Å²) in [5, 5.41) is 0. The molecule has 0 unspecified atom stereocenters. The molecule has 4 N–H and O–H groups in total. The Labute approximate surface area is 65.0 Å². The fourth-order valence-electron chi connectivity index (χ4n) is 0.914. The average molecular weight is 154 g/mol. The van der Waals surface area contributed by atoms with Crippen LogP contribution >= 0.6 is 0 Å². The predicted octanol–water partition coefficient (Wildman–Crippen LogP) is 1.18. The molecule has 3 heteroatoms. The molecule has 0 aliphatic rings. The first-order valence-corrected chi connectivity index (χ1v) is 3.40. The molecular weight excluding hydrogens is 143 g/mol. The Morgan fingerprint density at radius 2 is 2.09 bits per heavy atom. The lowest BCUT2D eigenvalue weighted by molar-refractivity contribution is 0.602. The van der Waals surface area contributed by atoms with Crippen molar-refractivity contribution in [2.45, 2.75) is 13.5 Å². The lowest BCUT2D eigenvalue weighted by Gasteiger charge is -2.04. The monoisotopic (exact) mass is 154 g/mol. The van der Waals surface area contributed by atoms with E-state index in [1.165, 1.54) is 0 Å². The van der Waals surface area contributed by atoms with Gasteiger partial charge in [-0.1, -0.05) is 6.07 Å². The highest BCUT2D eigenvalue weighted by atomic mass is 19.1. The maximum Gasteiger partial charge on any atom is 0.132 e. The van der Waals surface area contributed by atoms with Crippen molar-refractivity contribution in [3.05, 3.63) is 29.1 Å². The molecule has 60 valence electrons. The number of nitrogens with two attached hydrogens (primary N) is 2. The van der Waals surface area contributed by atoms with E-state index >= 15 is 0 Å². The van der Waals surface area contributed by atoms with Gasteiger partial charge in [-0.2, -0.15) is 0 Å². The van der Waals surface area contributed by atoms with Gasteiger partial charge < -0.3 is 11.5 Å². The highest BCUT2D eigenvalue weighted by molar-refractivity contribution is 5.48. The minimum absolute atomic E-state index is 0.215. The summed E-state index contributed by atoms with van der Waals surface area (Å²) in [6.45, 7) is 1.86. The second-order valence-corrected chi connectivity index (χ2v) is 2.46. The van der Waals surface area contributed by atoms with Gasteiger partial charge in [0.15, 0.2) is 0 Å². The summed E-state index contributed by atoms with van der Waals surface area (Å²) >= 11 is 0. The molecule has 1 aromatic carbocycles. The Bertz CT molecular complexity index is 271. The van der Waals surface area contributed by atoms with Gasteiger partial charge >= 0.3 is 0 Å². The van der Waals surface area contributed by atoms with Crippen LogP contribution in [-0.2, 0) is 6.54 Å². The lowest BCUT2D eigenvalue weighted by Crippen LogP contribution is -2.03. The summed E-state index contributed by atoms with van der Waals surface area (Å²) < 4.78 is 13.1. The molecule has 0 amide bonds. The van der Waals surface area contributed by atoms with Crippen molar-refractivity contribution in [3.8, 4) is 0 Å². The van der Waals surface area contributed by atoms with Crippen molar-refractivity contribution < 1.29 is 4.39 Å². The molecule has 0 saturated heterocycles. The first-order chi connectivity index (χ1) is 5.16. The normalized spacial score (nSPS) is 10.1. The smallest absolute Gasteiger partial charge is 0.132 e. The van der Waals surface area contributed by atoms with Crippen LogP contribution in [0.25, 0.3) is 0 Å². The van der Waals surface area contributed by atoms with Crippen LogP contribution in [0.1, 0.15) is 11.1 Å². The van der Waals surface area contributed by atoms with Gasteiger partial charge in [0.2, 0.25) is 0 Å². The van der Waals surface area contributed by atoms with E-state index in [2.05, 4.69) is 0 Å². The van der Waals surface area contributed by atoms with Crippen LogP contribution in [0.4, 0.5) is 10.1 Å². The number of nitrogen functional groups attached to an aromatic ring is 1. The molecule has 11 heavy (non-hydrogen) atoms. The number of benzene rings is 1. The van der Waals surface area contributed by atoms with Crippen LogP contribution in [0.3, 0.4) is 0 Å². The summed E-state index contributed by atoms with van der Waals surface area (Å²) in [4.78, 5) is 0. The largest absolute Gasteiger partial charge is 0.398 e. The maximum absolute atomic E-state index is 13.1. The number of rotatable bonds is 1. The number of anilines is 1. The highest BCUT2D eigenvalue weighted by Gasteiger charge is 2.05. The molecule has 2 nitrogen and oxygen atoms in total. The fraction of sp³-hybridized carbons (Fsp3) is 0.250. The van der Waals surface area contributed by atoms with Crippen LogP contribution in [0.5, 0.6) is 0 Å². The summed E-state index contributed by atoms with van der Waals surface area (Å²) in [6, 6.07) is 3.28. The third-order valence-electron chi connectivity index (χ3n) is 1.73. The van der Waals surface area contributed by atoms with Gasteiger partial charge in [0.25, 0.3) is 0 Å².